The molecule has 1 heterocycles. The number of nitrogen functional groups attached to an aromatic ring is 3. The minimum Gasteiger partial charge on any atom is -0.399 e. The number of hydrogen-bond donors (Lipinski definition) is 6. The lowest BCUT2D eigenvalue weighted by Gasteiger charge is -2.19. The fraction of sp³-hybridized carbons (Fsp3) is 0.174. The SMILES string of the molecule is CN(C)Nc1c(Cl)cc(-c2cc(N)cc(N)c2)n(CC(=O)NCc2ccc(C(=N)N)cc2)c1=O. The molecule has 10 nitrogen and oxygen atoms in total. The number of hydrogen-bond acceptors (Lipinski definition) is 7. The van der Waals surface area contributed by atoms with Crippen molar-refractivity contribution >= 4 is 40.4 Å². The van der Waals surface area contributed by atoms with Gasteiger partial charge < -0.3 is 27.9 Å². The Kier molecular flexibility index (Phi) is 7.44. The highest BCUT2D eigenvalue weighted by molar-refractivity contribution is 6.33. The fourth-order valence-electron chi connectivity index (χ4n) is 3.36. The molecule has 0 unspecified atom stereocenters. The number of amides is 1. The highest BCUT2D eigenvalue weighted by atomic mass is 35.5. The number of benzene rings is 2. The lowest BCUT2D eigenvalue weighted by Crippen LogP contribution is -2.35. The second kappa shape index (κ2) is 10.3. The van der Waals surface area contributed by atoms with Crippen LogP contribution < -0.4 is 33.5 Å². The molecular formula is C23H27ClN8O2. The van der Waals surface area contributed by atoms with Crippen LogP contribution in [0.1, 0.15) is 11.1 Å². The number of aromatic nitrogens is 1. The third-order valence-electron chi connectivity index (χ3n) is 4.92. The van der Waals surface area contributed by atoms with E-state index >= 15 is 0 Å². The predicted octanol–water partition coefficient (Wildman–Crippen LogP) is 1.82. The third kappa shape index (κ3) is 5.85. The molecule has 0 radical (unpaired) electrons. The summed E-state index contributed by atoms with van der Waals surface area (Å²) < 4.78 is 1.32. The molecule has 34 heavy (non-hydrogen) atoms. The minimum atomic E-state index is -0.474. The molecule has 0 spiro atoms. The van der Waals surface area contributed by atoms with Crippen LogP contribution in [0.4, 0.5) is 17.1 Å². The van der Waals surface area contributed by atoms with Gasteiger partial charge in [-0.2, -0.15) is 0 Å². The Morgan fingerprint density at radius 1 is 1.09 bits per heavy atom. The zero-order valence-electron chi connectivity index (χ0n) is 18.9. The van der Waals surface area contributed by atoms with E-state index in [0.717, 1.165) is 5.56 Å². The van der Waals surface area contributed by atoms with Crippen LogP contribution in [0.15, 0.2) is 53.3 Å². The van der Waals surface area contributed by atoms with Crippen LogP contribution in [-0.2, 0) is 17.9 Å². The van der Waals surface area contributed by atoms with Gasteiger partial charge in [-0.3, -0.25) is 19.6 Å². The van der Waals surface area contributed by atoms with E-state index in [2.05, 4.69) is 10.7 Å². The maximum atomic E-state index is 13.3. The molecule has 0 fully saturated rings. The Hall–Kier alpha value is -4.02. The molecule has 9 N–H and O–H groups in total. The van der Waals surface area contributed by atoms with Crippen molar-refractivity contribution in [3.05, 3.63) is 75.0 Å². The molecule has 0 saturated carbocycles. The maximum Gasteiger partial charge on any atom is 0.277 e. The van der Waals surface area contributed by atoms with Gasteiger partial charge in [0.25, 0.3) is 5.56 Å². The third-order valence-corrected chi connectivity index (χ3v) is 5.22. The summed E-state index contributed by atoms with van der Waals surface area (Å²) in [7, 11) is 3.44. The molecule has 0 atom stereocenters. The van der Waals surface area contributed by atoms with Crippen molar-refractivity contribution in [1.82, 2.24) is 14.9 Å². The first-order valence-electron chi connectivity index (χ1n) is 10.3. The van der Waals surface area contributed by atoms with Crippen molar-refractivity contribution in [2.24, 2.45) is 5.73 Å². The Bertz CT molecular complexity index is 1270. The van der Waals surface area contributed by atoms with Crippen molar-refractivity contribution in [3.63, 3.8) is 0 Å². The van der Waals surface area contributed by atoms with Gasteiger partial charge in [0, 0.05) is 43.1 Å². The number of amidine groups is 1. The molecule has 11 heteroatoms. The smallest absolute Gasteiger partial charge is 0.277 e. The van der Waals surface area contributed by atoms with Crippen molar-refractivity contribution in [2.75, 3.05) is 31.0 Å². The first-order valence-corrected chi connectivity index (χ1v) is 10.7. The monoisotopic (exact) mass is 482 g/mol. The topological polar surface area (TPSA) is 168 Å². The lowest BCUT2D eigenvalue weighted by atomic mass is 10.1. The molecule has 3 rings (SSSR count). The Morgan fingerprint density at radius 2 is 1.71 bits per heavy atom. The predicted molar refractivity (Wildman–Crippen MR) is 137 cm³/mol. The number of nitrogens with one attached hydrogen (secondary N) is 3. The summed E-state index contributed by atoms with van der Waals surface area (Å²) in [6, 6.07) is 13.5. The average Bonchev–Trinajstić information content (AvgIpc) is 2.76. The quantitative estimate of drug-likeness (QED) is 0.123. The van der Waals surface area contributed by atoms with Crippen LogP contribution in [0.3, 0.4) is 0 Å². The number of anilines is 3. The van der Waals surface area contributed by atoms with E-state index < -0.39 is 5.56 Å². The van der Waals surface area contributed by atoms with Crippen molar-refractivity contribution in [3.8, 4) is 11.3 Å². The number of nitrogens with zero attached hydrogens (tertiary/aromatic N) is 2. The summed E-state index contributed by atoms with van der Waals surface area (Å²) in [6.45, 7) is -0.0175. The van der Waals surface area contributed by atoms with Crippen LogP contribution in [0.5, 0.6) is 0 Å². The fourth-order valence-corrected chi connectivity index (χ4v) is 3.59. The lowest BCUT2D eigenvalue weighted by molar-refractivity contribution is -0.121. The van der Waals surface area contributed by atoms with Crippen LogP contribution >= 0.6 is 11.6 Å². The second-order valence-electron chi connectivity index (χ2n) is 7.93. The number of nitrogens with two attached hydrogens (primary N) is 3. The first kappa shape index (κ1) is 24.6. The molecule has 0 aliphatic rings. The summed E-state index contributed by atoms with van der Waals surface area (Å²) in [5.41, 5.74) is 23.1. The molecule has 2 aromatic carbocycles. The van der Waals surface area contributed by atoms with Crippen LogP contribution in [0, 0.1) is 5.41 Å². The average molecular weight is 483 g/mol. The van der Waals surface area contributed by atoms with E-state index in [4.69, 9.17) is 34.2 Å². The van der Waals surface area contributed by atoms with Crippen LogP contribution in [-0.4, -0.2) is 35.4 Å². The van der Waals surface area contributed by atoms with E-state index in [9.17, 15) is 9.59 Å². The van der Waals surface area contributed by atoms with Gasteiger partial charge in [0.15, 0.2) is 0 Å². The van der Waals surface area contributed by atoms with Gasteiger partial charge >= 0.3 is 0 Å². The summed E-state index contributed by atoms with van der Waals surface area (Å²) in [5.74, 6) is -0.413. The van der Waals surface area contributed by atoms with Crippen LogP contribution in [0.25, 0.3) is 11.3 Å². The standard InChI is InChI=1S/C23H27ClN8O2/c1-31(2)30-21-18(24)10-19(15-7-16(25)9-17(26)8-15)32(23(21)34)12-20(33)29-11-13-3-5-14(6-4-13)22(27)28/h3-10,30H,11-12,25-26H2,1-2H3,(H3,27,28)(H,29,33). The highest BCUT2D eigenvalue weighted by Gasteiger charge is 2.18. The zero-order valence-corrected chi connectivity index (χ0v) is 19.6. The molecule has 3 aromatic rings. The van der Waals surface area contributed by atoms with Gasteiger partial charge in [0.1, 0.15) is 18.1 Å². The summed E-state index contributed by atoms with van der Waals surface area (Å²) in [4.78, 5) is 26.1. The van der Waals surface area contributed by atoms with E-state index in [-0.39, 0.29) is 35.5 Å². The van der Waals surface area contributed by atoms with E-state index in [1.165, 1.54) is 4.57 Å². The normalized spacial score (nSPS) is 10.8. The first-order chi connectivity index (χ1) is 16.0. The number of halogens is 1. The van der Waals surface area contributed by atoms with Crippen molar-refractivity contribution in [1.29, 1.82) is 5.41 Å². The Morgan fingerprint density at radius 3 is 2.26 bits per heavy atom. The molecule has 1 aromatic heterocycles. The van der Waals surface area contributed by atoms with Gasteiger partial charge in [-0.05, 0) is 29.8 Å². The molecule has 0 bridgehead atoms. The molecule has 1 amide bonds. The molecule has 0 saturated heterocycles. The van der Waals surface area contributed by atoms with Gasteiger partial charge in [-0.15, -0.1) is 0 Å². The molecule has 0 aliphatic heterocycles. The Balaban J connectivity index is 1.93. The largest absolute Gasteiger partial charge is 0.399 e. The van der Waals surface area contributed by atoms with E-state index in [1.807, 2.05) is 0 Å². The van der Waals surface area contributed by atoms with Gasteiger partial charge in [-0.25, -0.2) is 5.01 Å². The number of carbonyl (C=O) groups is 1. The summed E-state index contributed by atoms with van der Waals surface area (Å²) >= 11 is 6.40. The van der Waals surface area contributed by atoms with Crippen molar-refractivity contribution in [2.45, 2.75) is 13.1 Å². The second-order valence-corrected chi connectivity index (χ2v) is 8.33. The van der Waals surface area contributed by atoms with Gasteiger partial charge in [0.05, 0.1) is 10.7 Å². The minimum absolute atomic E-state index is 0.0328. The van der Waals surface area contributed by atoms with Gasteiger partial charge in [-0.1, -0.05) is 35.9 Å². The van der Waals surface area contributed by atoms with Crippen LogP contribution in [0.2, 0.25) is 5.02 Å². The molecule has 178 valence electrons. The van der Waals surface area contributed by atoms with Gasteiger partial charge in [0.2, 0.25) is 5.91 Å². The number of rotatable bonds is 8. The number of hydrazine groups is 1. The zero-order chi connectivity index (χ0) is 25.0. The number of carbonyl (C=O) groups excluding carboxylic acids is 1. The maximum absolute atomic E-state index is 13.3. The highest BCUT2D eigenvalue weighted by Crippen LogP contribution is 2.29. The summed E-state index contributed by atoms with van der Waals surface area (Å²) in [5, 5.41) is 12.0. The molecule has 0 aliphatic carbocycles. The van der Waals surface area contributed by atoms with E-state index in [0.29, 0.717) is 28.2 Å². The van der Waals surface area contributed by atoms with Crippen molar-refractivity contribution < 1.29 is 4.79 Å². The van der Waals surface area contributed by atoms with E-state index in [1.54, 1.807) is 67.6 Å². The number of pyridine rings is 1. The Labute approximate surface area is 201 Å². The summed E-state index contributed by atoms with van der Waals surface area (Å²) in [6.07, 6.45) is 0. The molecular weight excluding hydrogens is 456 g/mol.